The topological polar surface area (TPSA) is 81.6 Å². The van der Waals surface area contributed by atoms with Gasteiger partial charge in [-0.15, -0.1) is 0 Å². The van der Waals surface area contributed by atoms with Gasteiger partial charge in [0.15, 0.2) is 0 Å². The maximum absolute atomic E-state index is 11.8. The molecule has 2 aromatic rings. The molecule has 0 aliphatic rings. The Morgan fingerprint density at radius 2 is 2.16 bits per heavy atom. The fourth-order valence-electron chi connectivity index (χ4n) is 1.63. The highest BCUT2D eigenvalue weighted by Crippen LogP contribution is 2.04. The van der Waals surface area contributed by atoms with Crippen molar-refractivity contribution < 1.29 is 4.79 Å². The van der Waals surface area contributed by atoms with E-state index in [4.69, 9.17) is 5.26 Å². The number of hydrogen-bond donors (Lipinski definition) is 2. The smallest absolute Gasteiger partial charge is 0.272 e. The number of aryl methyl sites for hydroxylation is 1. The Morgan fingerprint density at radius 1 is 1.42 bits per heavy atom. The fourth-order valence-corrected chi connectivity index (χ4v) is 1.63. The van der Waals surface area contributed by atoms with Crippen LogP contribution in [0.4, 0.5) is 0 Å². The van der Waals surface area contributed by atoms with E-state index in [0.29, 0.717) is 17.8 Å². The molecule has 5 heteroatoms. The van der Waals surface area contributed by atoms with Gasteiger partial charge in [0.25, 0.3) is 5.91 Å². The molecule has 19 heavy (non-hydrogen) atoms. The number of carbonyl (C=O) groups excluding carboxylic acids is 1. The quantitative estimate of drug-likeness (QED) is 0.872. The summed E-state index contributed by atoms with van der Waals surface area (Å²) in [6.07, 6.45) is 0.815. The summed E-state index contributed by atoms with van der Waals surface area (Å²) >= 11 is 0. The SMILES string of the molecule is CCc1cc(C(=O)NCc2ccc(C#N)cc2)n[nH]1. The molecule has 0 aliphatic heterocycles. The van der Waals surface area contributed by atoms with Crippen molar-refractivity contribution in [3.63, 3.8) is 0 Å². The highest BCUT2D eigenvalue weighted by Gasteiger charge is 2.09. The summed E-state index contributed by atoms with van der Waals surface area (Å²) in [5, 5.41) is 18.2. The minimum Gasteiger partial charge on any atom is -0.347 e. The van der Waals surface area contributed by atoms with E-state index in [1.807, 2.05) is 19.1 Å². The van der Waals surface area contributed by atoms with Crippen LogP contribution in [0.1, 0.15) is 34.2 Å². The summed E-state index contributed by atoms with van der Waals surface area (Å²) in [7, 11) is 0. The Labute approximate surface area is 111 Å². The first-order valence-electron chi connectivity index (χ1n) is 6.04. The first kappa shape index (κ1) is 12.8. The molecule has 2 N–H and O–H groups in total. The molecule has 5 nitrogen and oxygen atoms in total. The van der Waals surface area contributed by atoms with Crippen LogP contribution >= 0.6 is 0 Å². The molecule has 1 aromatic heterocycles. The van der Waals surface area contributed by atoms with E-state index >= 15 is 0 Å². The molecule has 1 heterocycles. The summed E-state index contributed by atoms with van der Waals surface area (Å²) in [6.45, 7) is 2.41. The molecule has 2 rings (SSSR count). The molecule has 0 spiro atoms. The van der Waals surface area contributed by atoms with Gasteiger partial charge in [0.2, 0.25) is 0 Å². The van der Waals surface area contributed by atoms with E-state index < -0.39 is 0 Å². The third-order valence-corrected chi connectivity index (χ3v) is 2.78. The van der Waals surface area contributed by atoms with E-state index in [1.165, 1.54) is 0 Å². The zero-order valence-corrected chi connectivity index (χ0v) is 10.6. The van der Waals surface area contributed by atoms with Gasteiger partial charge in [-0.05, 0) is 30.2 Å². The number of aromatic amines is 1. The minimum atomic E-state index is -0.208. The first-order chi connectivity index (χ1) is 9.22. The van der Waals surface area contributed by atoms with Crippen molar-refractivity contribution in [3.8, 4) is 6.07 Å². The lowest BCUT2D eigenvalue weighted by Crippen LogP contribution is -2.23. The lowest BCUT2D eigenvalue weighted by Gasteiger charge is -2.03. The molecule has 1 amide bonds. The molecule has 0 unspecified atom stereocenters. The third-order valence-electron chi connectivity index (χ3n) is 2.78. The van der Waals surface area contributed by atoms with E-state index in [2.05, 4.69) is 21.6 Å². The lowest BCUT2D eigenvalue weighted by atomic mass is 10.1. The normalized spacial score (nSPS) is 9.89. The van der Waals surface area contributed by atoms with Gasteiger partial charge in [-0.3, -0.25) is 9.89 Å². The molecule has 1 aromatic carbocycles. The maximum Gasteiger partial charge on any atom is 0.272 e. The summed E-state index contributed by atoms with van der Waals surface area (Å²) in [5.74, 6) is -0.208. The molecule has 0 fully saturated rings. The predicted octanol–water partition coefficient (Wildman–Crippen LogP) is 1.77. The van der Waals surface area contributed by atoms with Gasteiger partial charge in [0, 0.05) is 12.2 Å². The van der Waals surface area contributed by atoms with Crippen LogP contribution in [0.25, 0.3) is 0 Å². The summed E-state index contributed by atoms with van der Waals surface area (Å²) < 4.78 is 0. The molecule has 0 saturated heterocycles. The second-order valence-corrected chi connectivity index (χ2v) is 4.12. The van der Waals surface area contributed by atoms with Crippen LogP contribution in [-0.2, 0) is 13.0 Å². The molecule has 0 bridgehead atoms. The van der Waals surface area contributed by atoms with E-state index in [-0.39, 0.29) is 5.91 Å². The Bertz CT molecular complexity index is 607. The number of nitriles is 1. The average Bonchev–Trinajstić information content (AvgIpc) is 2.94. The molecule has 0 atom stereocenters. The number of benzene rings is 1. The zero-order valence-electron chi connectivity index (χ0n) is 10.6. The van der Waals surface area contributed by atoms with Crippen LogP contribution in [0.15, 0.2) is 30.3 Å². The number of nitrogens with one attached hydrogen (secondary N) is 2. The van der Waals surface area contributed by atoms with Crippen molar-refractivity contribution in [2.75, 3.05) is 0 Å². The fraction of sp³-hybridized carbons (Fsp3) is 0.214. The van der Waals surface area contributed by atoms with Crippen LogP contribution < -0.4 is 5.32 Å². The van der Waals surface area contributed by atoms with Crippen molar-refractivity contribution in [3.05, 3.63) is 52.8 Å². The van der Waals surface area contributed by atoms with Gasteiger partial charge < -0.3 is 5.32 Å². The standard InChI is InChI=1S/C14H14N4O/c1-2-12-7-13(18-17-12)14(19)16-9-11-5-3-10(8-15)4-6-11/h3-7H,2,9H2,1H3,(H,16,19)(H,17,18). The molecule has 0 radical (unpaired) electrons. The molecule has 0 saturated carbocycles. The second kappa shape index (κ2) is 5.83. The first-order valence-corrected chi connectivity index (χ1v) is 6.04. The van der Waals surface area contributed by atoms with Crippen LogP contribution in [-0.4, -0.2) is 16.1 Å². The van der Waals surface area contributed by atoms with Gasteiger partial charge in [-0.25, -0.2) is 0 Å². The summed E-state index contributed by atoms with van der Waals surface area (Å²) in [6, 6.07) is 10.9. The largest absolute Gasteiger partial charge is 0.347 e. The minimum absolute atomic E-state index is 0.208. The van der Waals surface area contributed by atoms with Gasteiger partial charge in [-0.1, -0.05) is 19.1 Å². The van der Waals surface area contributed by atoms with Gasteiger partial charge in [0.1, 0.15) is 5.69 Å². The van der Waals surface area contributed by atoms with Crippen molar-refractivity contribution >= 4 is 5.91 Å². The molecular weight excluding hydrogens is 240 g/mol. The van der Waals surface area contributed by atoms with Crippen molar-refractivity contribution in [1.82, 2.24) is 15.5 Å². The number of H-pyrrole nitrogens is 1. The van der Waals surface area contributed by atoms with E-state index in [9.17, 15) is 4.79 Å². The average molecular weight is 254 g/mol. The highest BCUT2D eigenvalue weighted by molar-refractivity contribution is 5.92. The zero-order chi connectivity index (χ0) is 13.7. The van der Waals surface area contributed by atoms with Crippen molar-refractivity contribution in [2.45, 2.75) is 19.9 Å². The molecule has 0 aliphatic carbocycles. The number of hydrogen-bond acceptors (Lipinski definition) is 3. The number of nitrogens with zero attached hydrogens (tertiary/aromatic N) is 2. The van der Waals surface area contributed by atoms with Crippen LogP contribution in [0.2, 0.25) is 0 Å². The highest BCUT2D eigenvalue weighted by atomic mass is 16.1. The number of amides is 1. The number of carbonyl (C=O) groups is 1. The lowest BCUT2D eigenvalue weighted by molar-refractivity contribution is 0.0946. The van der Waals surface area contributed by atoms with Gasteiger partial charge in [0.05, 0.1) is 11.6 Å². The van der Waals surface area contributed by atoms with Crippen LogP contribution in [0, 0.1) is 11.3 Å². The van der Waals surface area contributed by atoms with Crippen LogP contribution in [0.5, 0.6) is 0 Å². The van der Waals surface area contributed by atoms with Gasteiger partial charge >= 0.3 is 0 Å². The van der Waals surface area contributed by atoms with E-state index in [1.54, 1.807) is 18.2 Å². The van der Waals surface area contributed by atoms with Gasteiger partial charge in [-0.2, -0.15) is 10.4 Å². The predicted molar refractivity (Wildman–Crippen MR) is 70.3 cm³/mol. The molecular formula is C14H14N4O. The molecule has 96 valence electrons. The Hall–Kier alpha value is -2.61. The van der Waals surface area contributed by atoms with Crippen molar-refractivity contribution in [1.29, 1.82) is 5.26 Å². The maximum atomic E-state index is 11.8. The Morgan fingerprint density at radius 3 is 2.74 bits per heavy atom. The second-order valence-electron chi connectivity index (χ2n) is 4.12. The van der Waals surface area contributed by atoms with Crippen LogP contribution in [0.3, 0.4) is 0 Å². The Kier molecular flexibility index (Phi) is 3.94. The number of rotatable bonds is 4. The number of aromatic nitrogens is 2. The third kappa shape index (κ3) is 3.19. The van der Waals surface area contributed by atoms with Crippen molar-refractivity contribution in [2.24, 2.45) is 0 Å². The van der Waals surface area contributed by atoms with E-state index in [0.717, 1.165) is 17.7 Å². The summed E-state index contributed by atoms with van der Waals surface area (Å²) in [4.78, 5) is 11.8. The Balaban J connectivity index is 1.94. The summed E-state index contributed by atoms with van der Waals surface area (Å²) in [5.41, 5.74) is 2.88. The monoisotopic (exact) mass is 254 g/mol.